The minimum absolute atomic E-state index is 0. The van der Waals surface area contributed by atoms with E-state index in [9.17, 15) is 13.2 Å². The second-order valence-corrected chi connectivity index (χ2v) is 5.44. The van der Waals surface area contributed by atoms with E-state index in [0.29, 0.717) is 11.7 Å². The van der Waals surface area contributed by atoms with Crippen molar-refractivity contribution in [3.8, 4) is 11.5 Å². The summed E-state index contributed by atoms with van der Waals surface area (Å²) in [6, 6.07) is 7.62. The lowest BCUT2D eigenvalue weighted by molar-refractivity contribution is -0.145. The van der Waals surface area contributed by atoms with Gasteiger partial charge in [0.25, 0.3) is 0 Å². The minimum Gasteiger partial charge on any atom is -0.454 e. The summed E-state index contributed by atoms with van der Waals surface area (Å²) in [6.07, 6.45) is -0.290. The van der Waals surface area contributed by atoms with Crippen LogP contribution in [0.5, 0.6) is 11.5 Å². The highest BCUT2D eigenvalue weighted by atomic mass is 35.5. The van der Waals surface area contributed by atoms with Crippen molar-refractivity contribution in [3.63, 3.8) is 0 Å². The maximum absolute atomic E-state index is 12.4. The standard InChI is InChI=1S/C16H16F3N3O.ClH/c17-16(18,19)15-21-9-14(10-22-15)23-13-3-1-11(2-4-13)12-5-7-20-8-6-12;/h1-4,9-10,12,20H,5-8H2;1H. The third-order valence-corrected chi connectivity index (χ3v) is 3.81. The Morgan fingerprint density at radius 1 is 0.958 bits per heavy atom. The fraction of sp³-hybridized carbons (Fsp3) is 0.375. The summed E-state index contributed by atoms with van der Waals surface area (Å²) in [6.45, 7) is 2.04. The Hall–Kier alpha value is -1.86. The van der Waals surface area contributed by atoms with Crippen LogP contribution in [0, 0.1) is 0 Å². The van der Waals surface area contributed by atoms with Gasteiger partial charge in [-0.1, -0.05) is 12.1 Å². The number of aromatic nitrogens is 2. The van der Waals surface area contributed by atoms with E-state index >= 15 is 0 Å². The summed E-state index contributed by atoms with van der Waals surface area (Å²) >= 11 is 0. The number of hydrogen-bond acceptors (Lipinski definition) is 4. The first-order valence-corrected chi connectivity index (χ1v) is 7.40. The van der Waals surface area contributed by atoms with Gasteiger partial charge in [0.1, 0.15) is 5.75 Å². The maximum Gasteiger partial charge on any atom is 0.451 e. The highest BCUT2D eigenvalue weighted by molar-refractivity contribution is 5.85. The number of rotatable bonds is 3. The Morgan fingerprint density at radius 2 is 1.54 bits per heavy atom. The van der Waals surface area contributed by atoms with Crippen molar-refractivity contribution in [1.82, 2.24) is 15.3 Å². The van der Waals surface area contributed by atoms with Gasteiger partial charge in [-0.3, -0.25) is 0 Å². The molecule has 4 nitrogen and oxygen atoms in total. The number of ether oxygens (including phenoxy) is 1. The lowest BCUT2D eigenvalue weighted by Crippen LogP contribution is -2.26. The fourth-order valence-corrected chi connectivity index (χ4v) is 2.61. The van der Waals surface area contributed by atoms with Crippen LogP contribution in [0.3, 0.4) is 0 Å². The van der Waals surface area contributed by atoms with Gasteiger partial charge in [0.05, 0.1) is 12.4 Å². The van der Waals surface area contributed by atoms with Crippen LogP contribution in [0.2, 0.25) is 0 Å². The van der Waals surface area contributed by atoms with Gasteiger partial charge in [-0.05, 0) is 49.5 Å². The molecule has 0 radical (unpaired) electrons. The molecule has 0 spiro atoms. The van der Waals surface area contributed by atoms with Crippen molar-refractivity contribution in [2.45, 2.75) is 24.9 Å². The molecule has 1 saturated heterocycles. The van der Waals surface area contributed by atoms with Crippen molar-refractivity contribution in [2.24, 2.45) is 0 Å². The number of alkyl halides is 3. The van der Waals surface area contributed by atoms with E-state index in [1.807, 2.05) is 24.3 Å². The number of nitrogens with zero attached hydrogens (tertiary/aromatic N) is 2. The molecule has 1 N–H and O–H groups in total. The number of hydrogen-bond donors (Lipinski definition) is 1. The van der Waals surface area contributed by atoms with Gasteiger partial charge in [-0.15, -0.1) is 12.4 Å². The average molecular weight is 360 g/mol. The molecule has 0 bridgehead atoms. The molecule has 24 heavy (non-hydrogen) atoms. The molecule has 130 valence electrons. The molecule has 1 aliphatic rings. The third kappa shape index (κ3) is 4.58. The number of nitrogens with one attached hydrogen (secondary N) is 1. The van der Waals surface area contributed by atoms with E-state index in [-0.39, 0.29) is 18.2 Å². The first kappa shape index (κ1) is 18.5. The van der Waals surface area contributed by atoms with Crippen LogP contribution in [-0.2, 0) is 6.18 Å². The van der Waals surface area contributed by atoms with E-state index < -0.39 is 12.0 Å². The molecule has 1 aromatic carbocycles. The van der Waals surface area contributed by atoms with Crippen molar-refractivity contribution in [2.75, 3.05) is 13.1 Å². The molecule has 0 amide bonds. The first-order valence-electron chi connectivity index (χ1n) is 7.40. The quantitative estimate of drug-likeness (QED) is 0.893. The fourth-order valence-electron chi connectivity index (χ4n) is 2.61. The summed E-state index contributed by atoms with van der Waals surface area (Å²) in [4.78, 5) is 6.54. The predicted octanol–water partition coefficient (Wildman–Crippen LogP) is 4.18. The second kappa shape index (κ2) is 7.81. The van der Waals surface area contributed by atoms with Crippen LogP contribution < -0.4 is 10.1 Å². The summed E-state index contributed by atoms with van der Waals surface area (Å²) in [5.74, 6) is 0.0875. The molecule has 0 unspecified atom stereocenters. The van der Waals surface area contributed by atoms with Gasteiger partial charge >= 0.3 is 6.18 Å². The van der Waals surface area contributed by atoms with Crippen molar-refractivity contribution >= 4 is 12.4 Å². The summed E-state index contributed by atoms with van der Waals surface area (Å²) in [5.41, 5.74) is 1.25. The summed E-state index contributed by atoms with van der Waals surface area (Å²) in [5, 5.41) is 3.32. The zero-order chi connectivity index (χ0) is 16.3. The molecule has 0 saturated carbocycles. The van der Waals surface area contributed by atoms with E-state index in [4.69, 9.17) is 4.74 Å². The third-order valence-electron chi connectivity index (χ3n) is 3.81. The zero-order valence-electron chi connectivity index (χ0n) is 12.7. The Morgan fingerprint density at radius 3 is 2.08 bits per heavy atom. The van der Waals surface area contributed by atoms with Gasteiger partial charge in [0.2, 0.25) is 5.82 Å². The summed E-state index contributed by atoms with van der Waals surface area (Å²) < 4.78 is 42.7. The van der Waals surface area contributed by atoms with Crippen molar-refractivity contribution in [3.05, 3.63) is 48.0 Å². The molecule has 1 fully saturated rings. The topological polar surface area (TPSA) is 47.0 Å². The van der Waals surface area contributed by atoms with Crippen molar-refractivity contribution in [1.29, 1.82) is 0 Å². The smallest absolute Gasteiger partial charge is 0.451 e. The summed E-state index contributed by atoms with van der Waals surface area (Å²) in [7, 11) is 0. The number of halogens is 4. The molecule has 2 heterocycles. The van der Waals surface area contributed by atoms with Crippen LogP contribution in [0.15, 0.2) is 36.7 Å². The van der Waals surface area contributed by atoms with Crippen LogP contribution in [0.25, 0.3) is 0 Å². The number of piperidine rings is 1. The van der Waals surface area contributed by atoms with Gasteiger partial charge in [-0.25, -0.2) is 9.97 Å². The van der Waals surface area contributed by atoms with Crippen molar-refractivity contribution < 1.29 is 17.9 Å². The molecule has 0 atom stereocenters. The Bertz CT molecular complexity index is 641. The molecule has 0 aliphatic carbocycles. The maximum atomic E-state index is 12.4. The van der Waals surface area contributed by atoms with Gasteiger partial charge in [0.15, 0.2) is 5.75 Å². The Balaban J connectivity index is 0.00000208. The van der Waals surface area contributed by atoms with Crippen LogP contribution in [0.4, 0.5) is 13.2 Å². The predicted molar refractivity (Wildman–Crippen MR) is 85.6 cm³/mol. The number of benzene rings is 1. The SMILES string of the molecule is Cl.FC(F)(F)c1ncc(Oc2ccc(C3CCNCC3)cc2)cn1. The van der Waals surface area contributed by atoms with Gasteiger partial charge in [0, 0.05) is 0 Å². The Kier molecular flexibility index (Phi) is 6.01. The van der Waals surface area contributed by atoms with E-state index in [0.717, 1.165) is 38.3 Å². The molecule has 2 aromatic rings. The molecule has 1 aliphatic heterocycles. The van der Waals surface area contributed by atoms with Gasteiger partial charge < -0.3 is 10.1 Å². The van der Waals surface area contributed by atoms with Gasteiger partial charge in [-0.2, -0.15) is 13.2 Å². The lowest BCUT2D eigenvalue weighted by atomic mass is 9.90. The monoisotopic (exact) mass is 359 g/mol. The zero-order valence-corrected chi connectivity index (χ0v) is 13.5. The average Bonchev–Trinajstić information content (AvgIpc) is 2.56. The van der Waals surface area contributed by atoms with E-state index in [2.05, 4.69) is 15.3 Å². The molecule has 8 heteroatoms. The largest absolute Gasteiger partial charge is 0.454 e. The van der Waals surface area contributed by atoms with E-state index in [1.54, 1.807) is 0 Å². The highest BCUT2D eigenvalue weighted by Crippen LogP contribution is 2.29. The van der Waals surface area contributed by atoms with Crippen LogP contribution in [-0.4, -0.2) is 23.1 Å². The highest BCUT2D eigenvalue weighted by Gasteiger charge is 2.34. The lowest BCUT2D eigenvalue weighted by Gasteiger charge is -2.23. The Labute approximate surface area is 143 Å². The first-order chi connectivity index (χ1) is 11.0. The second-order valence-electron chi connectivity index (χ2n) is 5.44. The molecular formula is C16H17ClF3N3O. The van der Waals surface area contributed by atoms with Crippen LogP contribution >= 0.6 is 12.4 Å². The molecule has 3 rings (SSSR count). The molecular weight excluding hydrogens is 343 g/mol. The van der Waals surface area contributed by atoms with E-state index in [1.165, 1.54) is 5.56 Å². The normalized spacial score (nSPS) is 15.6. The minimum atomic E-state index is -4.55. The molecule has 1 aromatic heterocycles. The van der Waals surface area contributed by atoms with Crippen LogP contribution in [0.1, 0.15) is 30.1 Å².